The topological polar surface area (TPSA) is 33.0 Å². The number of hydrogen-bond acceptors (Lipinski definition) is 2. The first-order valence-electron chi connectivity index (χ1n) is 6.99. The second-order valence-electron chi connectivity index (χ2n) is 4.91. The van der Waals surface area contributed by atoms with Crippen molar-refractivity contribution in [2.75, 3.05) is 7.11 Å². The molecule has 0 aliphatic carbocycles. The molecule has 0 N–H and O–H groups in total. The molecule has 0 saturated heterocycles. The fraction of sp³-hybridized carbons (Fsp3) is 0.278. The first kappa shape index (κ1) is 15.4. The summed E-state index contributed by atoms with van der Waals surface area (Å²) in [5.74, 6) is 0.483. The highest BCUT2D eigenvalue weighted by molar-refractivity contribution is 6.31. The SMILES string of the molecule is CCc1ccc(OC)c(C(C#N)Cc2ccccc2Cl)c1. The average Bonchev–Trinajstić information content (AvgIpc) is 2.53. The summed E-state index contributed by atoms with van der Waals surface area (Å²) < 4.78 is 5.41. The van der Waals surface area contributed by atoms with Gasteiger partial charge >= 0.3 is 0 Å². The van der Waals surface area contributed by atoms with E-state index >= 15 is 0 Å². The van der Waals surface area contributed by atoms with Gasteiger partial charge in [-0.2, -0.15) is 5.26 Å². The number of methoxy groups -OCH3 is 1. The highest BCUT2D eigenvalue weighted by Gasteiger charge is 2.18. The number of nitriles is 1. The standard InChI is InChI=1S/C18H18ClNO/c1-3-13-8-9-18(21-2)16(10-13)15(12-20)11-14-6-4-5-7-17(14)19/h4-10,15H,3,11H2,1-2H3. The summed E-state index contributed by atoms with van der Waals surface area (Å²) in [7, 11) is 1.63. The van der Waals surface area contributed by atoms with Crippen molar-refractivity contribution in [3.63, 3.8) is 0 Å². The molecule has 2 nitrogen and oxygen atoms in total. The van der Waals surface area contributed by atoms with E-state index in [4.69, 9.17) is 16.3 Å². The van der Waals surface area contributed by atoms with Crippen LogP contribution in [0.1, 0.15) is 29.5 Å². The third kappa shape index (κ3) is 3.56. The van der Waals surface area contributed by atoms with Gasteiger partial charge in [0.05, 0.1) is 19.1 Å². The van der Waals surface area contributed by atoms with E-state index < -0.39 is 0 Å². The van der Waals surface area contributed by atoms with Crippen molar-refractivity contribution in [2.24, 2.45) is 0 Å². The van der Waals surface area contributed by atoms with E-state index in [1.807, 2.05) is 36.4 Å². The molecule has 2 aromatic rings. The molecule has 2 rings (SSSR count). The Morgan fingerprint density at radius 1 is 1.24 bits per heavy atom. The Morgan fingerprint density at radius 3 is 2.62 bits per heavy atom. The minimum absolute atomic E-state index is 0.272. The van der Waals surface area contributed by atoms with Crippen LogP contribution in [0.2, 0.25) is 5.02 Å². The predicted molar refractivity (Wildman–Crippen MR) is 85.9 cm³/mol. The van der Waals surface area contributed by atoms with Crippen molar-refractivity contribution in [1.82, 2.24) is 0 Å². The van der Waals surface area contributed by atoms with Gasteiger partial charge in [0.1, 0.15) is 5.75 Å². The molecule has 0 aliphatic heterocycles. The molecule has 1 unspecified atom stereocenters. The number of rotatable bonds is 5. The molecule has 0 bridgehead atoms. The van der Waals surface area contributed by atoms with Crippen LogP contribution in [0.3, 0.4) is 0 Å². The molecule has 1 atom stereocenters. The fourth-order valence-corrected chi connectivity index (χ4v) is 2.60. The highest BCUT2D eigenvalue weighted by atomic mass is 35.5. The minimum atomic E-state index is -0.272. The van der Waals surface area contributed by atoms with Crippen LogP contribution in [0.25, 0.3) is 0 Å². The van der Waals surface area contributed by atoms with Gasteiger partial charge in [0.15, 0.2) is 0 Å². The number of hydrogen-bond donors (Lipinski definition) is 0. The molecule has 0 amide bonds. The molecule has 0 heterocycles. The first-order valence-corrected chi connectivity index (χ1v) is 7.37. The normalized spacial score (nSPS) is 11.7. The van der Waals surface area contributed by atoms with Crippen LogP contribution in [0.5, 0.6) is 5.75 Å². The van der Waals surface area contributed by atoms with Crippen molar-refractivity contribution in [2.45, 2.75) is 25.7 Å². The third-order valence-electron chi connectivity index (χ3n) is 3.62. The van der Waals surface area contributed by atoms with E-state index in [9.17, 15) is 5.26 Å². The van der Waals surface area contributed by atoms with Crippen molar-refractivity contribution >= 4 is 11.6 Å². The largest absolute Gasteiger partial charge is 0.496 e. The molecule has 0 spiro atoms. The molecule has 0 fully saturated rings. The first-order chi connectivity index (χ1) is 10.2. The lowest BCUT2D eigenvalue weighted by Gasteiger charge is -2.15. The van der Waals surface area contributed by atoms with Crippen LogP contribution in [-0.2, 0) is 12.8 Å². The number of nitrogens with zero attached hydrogens (tertiary/aromatic N) is 1. The number of ether oxygens (including phenoxy) is 1. The molecule has 0 radical (unpaired) electrons. The van der Waals surface area contributed by atoms with Gasteiger partial charge in [-0.05, 0) is 36.1 Å². The lowest BCUT2D eigenvalue weighted by molar-refractivity contribution is 0.408. The Kier molecular flexibility index (Phi) is 5.25. The summed E-state index contributed by atoms with van der Waals surface area (Å²) in [5, 5.41) is 10.3. The molecule has 3 heteroatoms. The highest BCUT2D eigenvalue weighted by Crippen LogP contribution is 2.31. The second kappa shape index (κ2) is 7.15. The maximum absolute atomic E-state index is 9.57. The van der Waals surface area contributed by atoms with Crippen molar-refractivity contribution < 1.29 is 4.74 Å². The van der Waals surface area contributed by atoms with Crippen LogP contribution in [-0.4, -0.2) is 7.11 Å². The Hall–Kier alpha value is -1.98. The summed E-state index contributed by atoms with van der Waals surface area (Å²) in [4.78, 5) is 0. The summed E-state index contributed by atoms with van der Waals surface area (Å²) in [6, 6.07) is 16.1. The van der Waals surface area contributed by atoms with Gasteiger partial charge in [-0.25, -0.2) is 0 Å². The molecular formula is C18H18ClNO. The van der Waals surface area contributed by atoms with Crippen LogP contribution in [0.4, 0.5) is 0 Å². The summed E-state index contributed by atoms with van der Waals surface area (Å²) in [6.45, 7) is 2.10. The van der Waals surface area contributed by atoms with Crippen molar-refractivity contribution in [3.05, 3.63) is 64.2 Å². The van der Waals surface area contributed by atoms with Gasteiger partial charge in [-0.1, -0.05) is 48.9 Å². The van der Waals surface area contributed by atoms with Gasteiger partial charge in [0, 0.05) is 10.6 Å². The van der Waals surface area contributed by atoms with Gasteiger partial charge < -0.3 is 4.74 Å². The average molecular weight is 300 g/mol. The summed E-state index contributed by atoms with van der Waals surface area (Å²) in [5.41, 5.74) is 3.11. The molecule has 0 aromatic heterocycles. The van der Waals surface area contributed by atoms with E-state index in [0.29, 0.717) is 11.4 Å². The Balaban J connectivity index is 2.38. The van der Waals surface area contributed by atoms with Gasteiger partial charge in [-0.3, -0.25) is 0 Å². The van der Waals surface area contributed by atoms with Gasteiger partial charge in [-0.15, -0.1) is 0 Å². The van der Waals surface area contributed by atoms with Crippen LogP contribution in [0, 0.1) is 11.3 Å². The molecule has 2 aromatic carbocycles. The zero-order valence-corrected chi connectivity index (χ0v) is 13.0. The molecular weight excluding hydrogens is 282 g/mol. The van der Waals surface area contributed by atoms with Crippen LogP contribution < -0.4 is 4.74 Å². The summed E-state index contributed by atoms with van der Waals surface area (Å²) >= 11 is 6.20. The van der Waals surface area contributed by atoms with E-state index in [1.165, 1.54) is 5.56 Å². The Morgan fingerprint density at radius 2 is 2.00 bits per heavy atom. The van der Waals surface area contributed by atoms with Crippen molar-refractivity contribution in [3.8, 4) is 11.8 Å². The third-order valence-corrected chi connectivity index (χ3v) is 3.98. The van der Waals surface area contributed by atoms with E-state index in [0.717, 1.165) is 23.3 Å². The molecule has 0 saturated carbocycles. The van der Waals surface area contributed by atoms with E-state index in [-0.39, 0.29) is 5.92 Å². The van der Waals surface area contributed by atoms with E-state index in [2.05, 4.69) is 19.1 Å². The maximum atomic E-state index is 9.57. The fourth-order valence-electron chi connectivity index (χ4n) is 2.39. The molecule has 21 heavy (non-hydrogen) atoms. The Bertz CT molecular complexity index is 661. The maximum Gasteiger partial charge on any atom is 0.123 e. The van der Waals surface area contributed by atoms with Crippen molar-refractivity contribution in [1.29, 1.82) is 5.26 Å². The smallest absolute Gasteiger partial charge is 0.123 e. The quantitative estimate of drug-likeness (QED) is 0.797. The lowest BCUT2D eigenvalue weighted by Crippen LogP contribution is -2.04. The second-order valence-corrected chi connectivity index (χ2v) is 5.31. The predicted octanol–water partition coefficient (Wildman–Crippen LogP) is 4.76. The number of benzene rings is 2. The zero-order chi connectivity index (χ0) is 15.2. The van der Waals surface area contributed by atoms with Crippen LogP contribution in [0.15, 0.2) is 42.5 Å². The van der Waals surface area contributed by atoms with E-state index in [1.54, 1.807) is 7.11 Å². The number of aryl methyl sites for hydroxylation is 1. The zero-order valence-electron chi connectivity index (χ0n) is 12.3. The monoisotopic (exact) mass is 299 g/mol. The summed E-state index contributed by atoms with van der Waals surface area (Å²) in [6.07, 6.45) is 1.51. The molecule has 108 valence electrons. The molecule has 0 aliphatic rings. The minimum Gasteiger partial charge on any atom is -0.496 e. The number of halogens is 1. The van der Waals surface area contributed by atoms with Crippen LogP contribution >= 0.6 is 11.6 Å². The van der Waals surface area contributed by atoms with Gasteiger partial charge in [0.2, 0.25) is 0 Å². The Labute approximate surface area is 130 Å². The lowest BCUT2D eigenvalue weighted by atomic mass is 9.91. The van der Waals surface area contributed by atoms with Gasteiger partial charge in [0.25, 0.3) is 0 Å².